The van der Waals surface area contributed by atoms with Gasteiger partial charge in [-0.1, -0.05) is 12.5 Å². The quantitative estimate of drug-likeness (QED) is 0.871. The van der Waals surface area contributed by atoms with E-state index < -0.39 is 0 Å². The van der Waals surface area contributed by atoms with Crippen molar-refractivity contribution in [1.82, 2.24) is 14.7 Å². The molecule has 2 aromatic rings. The molecular formula is C14H17N3O2. The first-order valence-corrected chi connectivity index (χ1v) is 6.63. The van der Waals surface area contributed by atoms with Gasteiger partial charge in [-0.15, -0.1) is 0 Å². The number of nitrogens with zero attached hydrogens (tertiary/aromatic N) is 2. The zero-order chi connectivity index (χ0) is 13.2. The van der Waals surface area contributed by atoms with Gasteiger partial charge in [0.25, 0.3) is 5.91 Å². The zero-order valence-electron chi connectivity index (χ0n) is 10.6. The Balaban J connectivity index is 1.76. The highest BCUT2D eigenvalue weighted by atomic mass is 16.3. The lowest BCUT2D eigenvalue weighted by molar-refractivity contribution is 0.0911. The van der Waals surface area contributed by atoms with Crippen molar-refractivity contribution in [3.8, 4) is 0 Å². The van der Waals surface area contributed by atoms with Gasteiger partial charge in [-0.2, -0.15) is 0 Å². The van der Waals surface area contributed by atoms with E-state index in [0.717, 1.165) is 24.9 Å². The molecule has 2 atom stereocenters. The maximum absolute atomic E-state index is 12.2. The summed E-state index contributed by atoms with van der Waals surface area (Å²) in [6.07, 6.45) is 6.57. The number of imidazole rings is 1. The number of aromatic nitrogens is 2. The molecule has 2 unspecified atom stereocenters. The Labute approximate surface area is 111 Å². The predicted molar refractivity (Wildman–Crippen MR) is 70.9 cm³/mol. The Morgan fingerprint density at radius 3 is 3.16 bits per heavy atom. The van der Waals surface area contributed by atoms with Gasteiger partial charge in [0.05, 0.1) is 0 Å². The Morgan fingerprint density at radius 1 is 1.47 bits per heavy atom. The second-order valence-electron chi connectivity index (χ2n) is 5.05. The van der Waals surface area contributed by atoms with Gasteiger partial charge in [0.2, 0.25) is 0 Å². The summed E-state index contributed by atoms with van der Waals surface area (Å²) in [6.45, 7) is 0.135. The molecule has 0 spiro atoms. The highest BCUT2D eigenvalue weighted by molar-refractivity contribution is 5.93. The summed E-state index contributed by atoms with van der Waals surface area (Å²) in [5, 5.41) is 12.2. The first-order valence-electron chi connectivity index (χ1n) is 6.63. The van der Waals surface area contributed by atoms with Crippen molar-refractivity contribution in [3.05, 3.63) is 36.3 Å². The average Bonchev–Trinajstić information content (AvgIpc) is 3.03. The van der Waals surface area contributed by atoms with Gasteiger partial charge in [-0.25, -0.2) is 4.98 Å². The predicted octanol–water partition coefficient (Wildman–Crippen LogP) is 1.23. The van der Waals surface area contributed by atoms with E-state index in [1.165, 1.54) is 0 Å². The third-order valence-corrected chi connectivity index (χ3v) is 3.81. The van der Waals surface area contributed by atoms with Crippen LogP contribution in [0.2, 0.25) is 0 Å². The van der Waals surface area contributed by atoms with Gasteiger partial charge in [-0.3, -0.25) is 4.79 Å². The molecule has 1 aliphatic carbocycles. The molecule has 3 rings (SSSR count). The lowest BCUT2D eigenvalue weighted by Gasteiger charge is -2.18. The van der Waals surface area contributed by atoms with Crippen LogP contribution in [-0.2, 0) is 0 Å². The van der Waals surface area contributed by atoms with E-state index in [1.54, 1.807) is 6.20 Å². The first kappa shape index (κ1) is 12.2. The minimum absolute atomic E-state index is 0.0716. The standard InChI is InChI=1S/C14H17N3O2/c18-9-10-4-3-5-11(10)16-14(19)12-8-17-7-2-1-6-13(17)15-12/h1-2,6-8,10-11,18H,3-5,9H2,(H,16,19). The monoisotopic (exact) mass is 259 g/mol. The maximum Gasteiger partial charge on any atom is 0.271 e. The third-order valence-electron chi connectivity index (χ3n) is 3.81. The molecule has 0 saturated heterocycles. The van der Waals surface area contributed by atoms with Crippen LogP contribution in [-0.4, -0.2) is 33.0 Å². The molecule has 19 heavy (non-hydrogen) atoms. The van der Waals surface area contributed by atoms with Crippen molar-refractivity contribution in [1.29, 1.82) is 0 Å². The van der Waals surface area contributed by atoms with Crippen LogP contribution in [0.15, 0.2) is 30.6 Å². The Hall–Kier alpha value is -1.88. The lowest BCUT2D eigenvalue weighted by atomic mass is 10.1. The third kappa shape index (κ3) is 2.33. The van der Waals surface area contributed by atoms with Gasteiger partial charge in [-0.05, 0) is 25.0 Å². The minimum Gasteiger partial charge on any atom is -0.396 e. The molecule has 1 aliphatic rings. The summed E-state index contributed by atoms with van der Waals surface area (Å²) < 4.78 is 1.83. The van der Waals surface area contributed by atoms with Crippen molar-refractivity contribution in [3.63, 3.8) is 0 Å². The molecule has 1 saturated carbocycles. The Morgan fingerprint density at radius 2 is 2.37 bits per heavy atom. The van der Waals surface area contributed by atoms with E-state index in [0.29, 0.717) is 5.69 Å². The average molecular weight is 259 g/mol. The highest BCUT2D eigenvalue weighted by Gasteiger charge is 2.28. The van der Waals surface area contributed by atoms with Crippen molar-refractivity contribution in [2.75, 3.05) is 6.61 Å². The van der Waals surface area contributed by atoms with E-state index in [9.17, 15) is 9.90 Å². The number of hydrogen-bond acceptors (Lipinski definition) is 3. The van der Waals surface area contributed by atoms with Crippen LogP contribution < -0.4 is 5.32 Å². The molecule has 100 valence electrons. The number of carbonyl (C=O) groups excluding carboxylic acids is 1. The summed E-state index contributed by atoms with van der Waals surface area (Å²) >= 11 is 0. The first-order chi connectivity index (χ1) is 9.28. The fraction of sp³-hybridized carbons (Fsp3) is 0.429. The molecule has 0 aromatic carbocycles. The van der Waals surface area contributed by atoms with Gasteiger partial charge >= 0.3 is 0 Å². The second-order valence-corrected chi connectivity index (χ2v) is 5.05. The molecule has 1 fully saturated rings. The molecule has 0 aliphatic heterocycles. The number of hydrogen-bond donors (Lipinski definition) is 2. The number of rotatable bonds is 3. The summed E-state index contributed by atoms with van der Waals surface area (Å²) in [5.74, 6) is 0.0232. The van der Waals surface area contributed by atoms with Crippen molar-refractivity contribution in [2.24, 2.45) is 5.92 Å². The van der Waals surface area contributed by atoms with Crippen LogP contribution in [0.1, 0.15) is 29.8 Å². The summed E-state index contributed by atoms with van der Waals surface area (Å²) in [5.41, 5.74) is 1.19. The van der Waals surface area contributed by atoms with Crippen molar-refractivity contribution in [2.45, 2.75) is 25.3 Å². The summed E-state index contributed by atoms with van der Waals surface area (Å²) in [7, 11) is 0. The van der Waals surface area contributed by atoms with Crippen LogP contribution in [0, 0.1) is 5.92 Å². The fourth-order valence-corrected chi connectivity index (χ4v) is 2.73. The van der Waals surface area contributed by atoms with Crippen LogP contribution in [0.3, 0.4) is 0 Å². The van der Waals surface area contributed by atoms with Crippen molar-refractivity contribution < 1.29 is 9.90 Å². The van der Waals surface area contributed by atoms with Gasteiger partial charge < -0.3 is 14.8 Å². The number of carbonyl (C=O) groups is 1. The Kier molecular flexibility index (Phi) is 3.21. The molecule has 2 N–H and O–H groups in total. The molecule has 5 heteroatoms. The number of pyridine rings is 1. The molecule has 0 bridgehead atoms. The number of amides is 1. The van der Waals surface area contributed by atoms with E-state index in [4.69, 9.17) is 0 Å². The van der Waals surface area contributed by atoms with Crippen molar-refractivity contribution >= 4 is 11.6 Å². The number of nitrogens with one attached hydrogen (secondary N) is 1. The molecular weight excluding hydrogens is 242 g/mol. The normalized spacial score (nSPS) is 22.8. The largest absolute Gasteiger partial charge is 0.396 e. The Bertz CT molecular complexity index is 560. The topological polar surface area (TPSA) is 66.6 Å². The molecule has 2 aromatic heterocycles. The summed E-state index contributed by atoms with van der Waals surface area (Å²) in [6, 6.07) is 5.73. The molecule has 2 heterocycles. The second kappa shape index (κ2) is 5.01. The maximum atomic E-state index is 12.2. The van der Waals surface area contributed by atoms with Gasteiger partial charge in [0.1, 0.15) is 11.3 Å². The van der Waals surface area contributed by atoms with E-state index >= 15 is 0 Å². The van der Waals surface area contributed by atoms with Gasteiger partial charge in [0, 0.05) is 31.0 Å². The van der Waals surface area contributed by atoms with E-state index in [1.807, 2.05) is 28.8 Å². The SMILES string of the molecule is O=C(NC1CCCC1CO)c1cn2ccccc2n1. The lowest BCUT2D eigenvalue weighted by Crippen LogP contribution is -2.38. The zero-order valence-corrected chi connectivity index (χ0v) is 10.6. The van der Waals surface area contributed by atoms with E-state index in [2.05, 4.69) is 10.3 Å². The molecule has 1 amide bonds. The number of aliphatic hydroxyl groups is 1. The van der Waals surface area contributed by atoms with Gasteiger partial charge in [0.15, 0.2) is 0 Å². The number of aliphatic hydroxyl groups excluding tert-OH is 1. The van der Waals surface area contributed by atoms with Crippen LogP contribution in [0.5, 0.6) is 0 Å². The molecule has 0 radical (unpaired) electrons. The summed E-state index contributed by atoms with van der Waals surface area (Å²) in [4.78, 5) is 16.5. The fourth-order valence-electron chi connectivity index (χ4n) is 2.73. The minimum atomic E-state index is -0.158. The smallest absolute Gasteiger partial charge is 0.271 e. The van der Waals surface area contributed by atoms with Crippen LogP contribution in [0.25, 0.3) is 5.65 Å². The number of fused-ring (bicyclic) bond motifs is 1. The highest BCUT2D eigenvalue weighted by Crippen LogP contribution is 2.25. The molecule has 5 nitrogen and oxygen atoms in total. The van der Waals surface area contributed by atoms with Crippen LogP contribution in [0.4, 0.5) is 0 Å². The van der Waals surface area contributed by atoms with Crippen LogP contribution >= 0.6 is 0 Å². The van der Waals surface area contributed by atoms with E-state index in [-0.39, 0.29) is 24.5 Å².